The molecule has 0 saturated carbocycles. The number of aromatic nitrogens is 1. The molecule has 2 aliphatic heterocycles. The lowest BCUT2D eigenvalue weighted by Crippen LogP contribution is -2.36. The number of fused-ring (bicyclic) bond motifs is 1. The maximum Gasteiger partial charge on any atom is 0.320 e. The van der Waals surface area contributed by atoms with Crippen LogP contribution in [-0.4, -0.2) is 64.6 Å². The summed E-state index contributed by atoms with van der Waals surface area (Å²) in [6.07, 6.45) is 3.72. The Balaban J connectivity index is 1.18. The highest BCUT2D eigenvalue weighted by Crippen LogP contribution is 2.28. The Kier molecular flexibility index (Phi) is 7.35. The van der Waals surface area contributed by atoms with E-state index in [9.17, 15) is 19.1 Å². The number of amides is 2. The quantitative estimate of drug-likeness (QED) is 0.440. The molecule has 1 fully saturated rings. The van der Waals surface area contributed by atoms with E-state index in [-0.39, 0.29) is 12.6 Å². The summed E-state index contributed by atoms with van der Waals surface area (Å²) in [5.41, 5.74) is 3.75. The van der Waals surface area contributed by atoms with Crippen LogP contribution in [0.3, 0.4) is 0 Å². The summed E-state index contributed by atoms with van der Waals surface area (Å²) < 4.78 is 14.9. The summed E-state index contributed by atoms with van der Waals surface area (Å²) in [7, 11) is 0. The molecule has 0 unspecified atom stereocenters. The van der Waals surface area contributed by atoms with Crippen LogP contribution in [0, 0.1) is 5.82 Å². The third-order valence-corrected chi connectivity index (χ3v) is 7.18. The molecule has 1 atom stereocenters. The van der Waals surface area contributed by atoms with Gasteiger partial charge in [0.2, 0.25) is 0 Å². The van der Waals surface area contributed by atoms with E-state index in [0.717, 1.165) is 49.3 Å². The summed E-state index contributed by atoms with van der Waals surface area (Å²) in [6, 6.07) is 17.7. The minimum absolute atomic E-state index is 0.00678. The maximum absolute atomic E-state index is 14.9. The Morgan fingerprint density at radius 1 is 1.08 bits per heavy atom. The highest BCUT2D eigenvalue weighted by Gasteiger charge is 2.33. The lowest BCUT2D eigenvalue weighted by Gasteiger charge is -2.22. The fraction of sp³-hybridized carbons (Fsp3) is 0.345. The van der Waals surface area contributed by atoms with E-state index >= 15 is 0 Å². The zero-order chi connectivity index (χ0) is 25.8. The maximum atomic E-state index is 14.9. The van der Waals surface area contributed by atoms with Crippen molar-refractivity contribution in [2.45, 2.75) is 31.6 Å². The summed E-state index contributed by atoms with van der Waals surface area (Å²) in [5.74, 6) is -1.59. The molecule has 5 rings (SSSR count). The lowest BCUT2D eigenvalue weighted by atomic mass is 9.95. The number of hydrogen-bond donors (Lipinski definition) is 2. The highest BCUT2D eigenvalue weighted by molar-refractivity contribution is 5.80. The summed E-state index contributed by atoms with van der Waals surface area (Å²) >= 11 is 0. The van der Waals surface area contributed by atoms with Crippen molar-refractivity contribution in [2.24, 2.45) is 0 Å². The number of nitrogens with one attached hydrogen (secondary N) is 1. The fourth-order valence-electron chi connectivity index (χ4n) is 5.12. The van der Waals surface area contributed by atoms with Gasteiger partial charge in [-0.1, -0.05) is 48.5 Å². The molecular weight excluding hydrogens is 471 g/mol. The molecule has 8 heteroatoms. The Hall–Kier alpha value is -3.94. The molecule has 0 bridgehead atoms. The van der Waals surface area contributed by atoms with Crippen molar-refractivity contribution in [1.29, 1.82) is 0 Å². The predicted octanol–water partition coefficient (Wildman–Crippen LogP) is 4.78. The number of pyridine rings is 1. The van der Waals surface area contributed by atoms with E-state index in [4.69, 9.17) is 4.98 Å². The second-order valence-electron chi connectivity index (χ2n) is 9.66. The van der Waals surface area contributed by atoms with Crippen LogP contribution in [0.5, 0.6) is 0 Å². The van der Waals surface area contributed by atoms with Crippen LogP contribution in [-0.2, 0) is 17.6 Å². The Bertz CT molecular complexity index is 1280. The minimum Gasteiger partial charge on any atom is -0.481 e. The van der Waals surface area contributed by atoms with Crippen LogP contribution in [0.25, 0.3) is 11.1 Å². The van der Waals surface area contributed by atoms with Gasteiger partial charge in [0.05, 0.1) is 5.92 Å². The van der Waals surface area contributed by atoms with E-state index in [2.05, 4.69) is 17.4 Å². The average molecular weight is 503 g/mol. The third-order valence-electron chi connectivity index (χ3n) is 7.18. The van der Waals surface area contributed by atoms with Gasteiger partial charge in [0, 0.05) is 44.0 Å². The van der Waals surface area contributed by atoms with Gasteiger partial charge in [-0.25, -0.2) is 14.2 Å². The van der Waals surface area contributed by atoms with Gasteiger partial charge < -0.3 is 20.2 Å². The SMILES string of the molecule is O=C(O)[C@H](CN1CCN(CCCc2ccc3c(n2)NCCC3)C1=O)c1ccc(-c2ccccc2)c(F)c1. The molecule has 2 amide bonds. The molecule has 1 aromatic heterocycles. The highest BCUT2D eigenvalue weighted by atomic mass is 19.1. The van der Waals surface area contributed by atoms with E-state index < -0.39 is 17.7 Å². The van der Waals surface area contributed by atoms with Crippen molar-refractivity contribution in [3.8, 4) is 11.1 Å². The van der Waals surface area contributed by atoms with Gasteiger partial charge in [-0.2, -0.15) is 0 Å². The number of hydrogen-bond acceptors (Lipinski definition) is 4. The van der Waals surface area contributed by atoms with Crippen LogP contribution in [0.2, 0.25) is 0 Å². The number of anilines is 1. The monoisotopic (exact) mass is 502 g/mol. The molecule has 7 nitrogen and oxygen atoms in total. The molecule has 0 radical (unpaired) electrons. The lowest BCUT2D eigenvalue weighted by molar-refractivity contribution is -0.139. The van der Waals surface area contributed by atoms with Crippen LogP contribution >= 0.6 is 0 Å². The largest absolute Gasteiger partial charge is 0.481 e. The number of urea groups is 1. The predicted molar refractivity (Wildman–Crippen MR) is 140 cm³/mol. The first kappa shape index (κ1) is 24.7. The Labute approximate surface area is 215 Å². The van der Waals surface area contributed by atoms with Crippen LogP contribution in [0.15, 0.2) is 60.7 Å². The molecule has 1 saturated heterocycles. The summed E-state index contributed by atoms with van der Waals surface area (Å²) in [6.45, 7) is 2.54. The summed E-state index contributed by atoms with van der Waals surface area (Å²) in [5, 5.41) is 13.2. The molecule has 37 heavy (non-hydrogen) atoms. The molecule has 2 N–H and O–H groups in total. The number of aliphatic carboxylic acids is 1. The first-order valence-electron chi connectivity index (χ1n) is 12.8. The molecular formula is C29H31FN4O3. The van der Waals surface area contributed by atoms with Gasteiger partial charge in [0.25, 0.3) is 0 Å². The van der Waals surface area contributed by atoms with Crippen molar-refractivity contribution in [3.05, 3.63) is 83.3 Å². The fourth-order valence-corrected chi connectivity index (χ4v) is 5.12. The molecule has 2 aromatic carbocycles. The molecule has 3 aromatic rings. The van der Waals surface area contributed by atoms with E-state index in [1.54, 1.807) is 21.9 Å². The van der Waals surface area contributed by atoms with Crippen molar-refractivity contribution in [1.82, 2.24) is 14.8 Å². The second-order valence-corrected chi connectivity index (χ2v) is 9.66. The summed E-state index contributed by atoms with van der Waals surface area (Å²) in [4.78, 5) is 33.1. The number of benzene rings is 2. The molecule has 0 aliphatic carbocycles. The third kappa shape index (κ3) is 5.58. The smallest absolute Gasteiger partial charge is 0.320 e. The van der Waals surface area contributed by atoms with Crippen molar-refractivity contribution in [3.63, 3.8) is 0 Å². The van der Waals surface area contributed by atoms with E-state index in [1.165, 1.54) is 11.6 Å². The normalized spacial score (nSPS) is 15.9. The van der Waals surface area contributed by atoms with Gasteiger partial charge in [0.15, 0.2) is 0 Å². The number of nitrogens with zero attached hydrogens (tertiary/aromatic N) is 3. The molecule has 2 aliphatic rings. The number of carbonyl (C=O) groups is 2. The zero-order valence-electron chi connectivity index (χ0n) is 20.7. The first-order valence-corrected chi connectivity index (χ1v) is 12.8. The van der Waals surface area contributed by atoms with Gasteiger partial charge >= 0.3 is 12.0 Å². The minimum atomic E-state index is -1.08. The van der Waals surface area contributed by atoms with Crippen molar-refractivity contribution >= 4 is 17.8 Å². The Morgan fingerprint density at radius 3 is 2.68 bits per heavy atom. The topological polar surface area (TPSA) is 85.8 Å². The number of halogens is 1. The molecule has 3 heterocycles. The number of rotatable bonds is 9. The average Bonchev–Trinajstić information content (AvgIpc) is 3.26. The van der Waals surface area contributed by atoms with E-state index in [1.807, 2.05) is 30.3 Å². The van der Waals surface area contributed by atoms with Crippen LogP contribution in [0.4, 0.5) is 15.0 Å². The van der Waals surface area contributed by atoms with Gasteiger partial charge in [-0.3, -0.25) is 4.79 Å². The van der Waals surface area contributed by atoms with Crippen LogP contribution < -0.4 is 5.32 Å². The van der Waals surface area contributed by atoms with Gasteiger partial charge in [0.1, 0.15) is 11.6 Å². The Morgan fingerprint density at radius 2 is 1.89 bits per heavy atom. The van der Waals surface area contributed by atoms with Gasteiger partial charge in [-0.05, 0) is 54.5 Å². The van der Waals surface area contributed by atoms with Crippen molar-refractivity contribution in [2.75, 3.05) is 38.0 Å². The molecule has 192 valence electrons. The molecule has 0 spiro atoms. The first-order chi connectivity index (χ1) is 18.0. The van der Waals surface area contributed by atoms with E-state index in [0.29, 0.717) is 30.8 Å². The zero-order valence-corrected chi connectivity index (χ0v) is 20.7. The number of carboxylic acid groups (broad SMARTS) is 1. The van der Waals surface area contributed by atoms with Gasteiger partial charge in [-0.15, -0.1) is 0 Å². The number of aryl methyl sites for hydroxylation is 2. The standard InChI is InChI=1S/C29H31FN4O3/c30-26-18-22(11-13-24(26)20-6-2-1-3-7-20)25(28(35)36)19-34-17-16-33(29(34)37)15-5-9-23-12-10-21-8-4-14-31-27(21)32-23/h1-3,6-7,10-13,18,25H,4-5,8-9,14-17,19H2,(H,31,32)(H,35,36)/t25-/m1/s1. The number of carbonyl (C=O) groups excluding carboxylic acids is 1. The second kappa shape index (κ2) is 11.0. The van der Waals surface area contributed by atoms with Crippen molar-refractivity contribution < 1.29 is 19.1 Å². The van der Waals surface area contributed by atoms with Crippen LogP contribution in [0.1, 0.15) is 35.6 Å². The number of carboxylic acids is 1.